The Morgan fingerprint density at radius 2 is 1.94 bits per heavy atom. The minimum atomic E-state index is 0.903. The number of hydrogen-bond donors (Lipinski definition) is 1. The molecule has 0 unspecified atom stereocenters. The van der Waals surface area contributed by atoms with E-state index in [0.29, 0.717) is 0 Å². The van der Waals surface area contributed by atoms with E-state index in [0.717, 1.165) is 41.6 Å². The second-order valence-electron chi connectivity index (χ2n) is 4.55. The van der Waals surface area contributed by atoms with Gasteiger partial charge in [0.25, 0.3) is 0 Å². The van der Waals surface area contributed by atoms with Crippen molar-refractivity contribution >= 4 is 17.2 Å². The normalized spacial score (nSPS) is 14.4. The fraction of sp³-hybridized carbons (Fsp3) is 0.286. The summed E-state index contributed by atoms with van der Waals surface area (Å²) in [7, 11) is 0. The summed E-state index contributed by atoms with van der Waals surface area (Å²) in [6, 6.07) is 10.1. The number of aryl methyl sites for hydroxylation is 1. The van der Waals surface area contributed by atoms with Crippen molar-refractivity contribution < 1.29 is 0 Å². The van der Waals surface area contributed by atoms with Gasteiger partial charge in [-0.2, -0.15) is 5.10 Å². The number of nitrogens with zero attached hydrogens (tertiary/aromatic N) is 3. The fourth-order valence-corrected chi connectivity index (χ4v) is 2.18. The van der Waals surface area contributed by atoms with Crippen molar-refractivity contribution in [2.24, 2.45) is 4.99 Å². The zero-order valence-electron chi connectivity index (χ0n) is 10.6. The Kier molecular flexibility index (Phi) is 2.63. The zero-order chi connectivity index (χ0) is 12.5. The van der Waals surface area contributed by atoms with Crippen LogP contribution in [0.25, 0.3) is 5.69 Å². The summed E-state index contributed by atoms with van der Waals surface area (Å²) in [6.45, 7) is 4.97. The van der Waals surface area contributed by atoms with Gasteiger partial charge in [0.1, 0.15) is 5.69 Å². The van der Waals surface area contributed by atoms with Gasteiger partial charge in [0.15, 0.2) is 5.82 Å². The SMILES string of the molecule is CC1=Nc2c(C)nn(-c3ccccc3)c2NCC1. The van der Waals surface area contributed by atoms with Crippen LogP contribution in [-0.4, -0.2) is 22.0 Å². The quantitative estimate of drug-likeness (QED) is 0.832. The molecule has 92 valence electrons. The zero-order valence-corrected chi connectivity index (χ0v) is 10.6. The molecule has 0 radical (unpaired) electrons. The van der Waals surface area contributed by atoms with Crippen molar-refractivity contribution in [1.29, 1.82) is 0 Å². The van der Waals surface area contributed by atoms with E-state index in [9.17, 15) is 0 Å². The van der Waals surface area contributed by atoms with E-state index in [4.69, 9.17) is 0 Å². The lowest BCUT2D eigenvalue weighted by molar-refractivity contribution is 0.859. The summed E-state index contributed by atoms with van der Waals surface area (Å²) in [5, 5.41) is 8.02. The first-order valence-corrected chi connectivity index (χ1v) is 6.19. The number of fused-ring (bicyclic) bond motifs is 1. The molecule has 4 nitrogen and oxygen atoms in total. The first-order chi connectivity index (χ1) is 8.75. The molecule has 1 aromatic heterocycles. The van der Waals surface area contributed by atoms with E-state index in [1.165, 1.54) is 0 Å². The Balaban J connectivity index is 2.17. The molecule has 0 saturated heterocycles. The Bertz CT molecular complexity index is 596. The van der Waals surface area contributed by atoms with Gasteiger partial charge in [0, 0.05) is 18.7 Å². The monoisotopic (exact) mass is 240 g/mol. The maximum atomic E-state index is 4.66. The highest BCUT2D eigenvalue weighted by molar-refractivity contribution is 5.88. The second-order valence-corrected chi connectivity index (χ2v) is 4.55. The predicted molar refractivity (Wildman–Crippen MR) is 74.2 cm³/mol. The van der Waals surface area contributed by atoms with Gasteiger partial charge in [0.2, 0.25) is 0 Å². The molecule has 0 atom stereocenters. The van der Waals surface area contributed by atoms with E-state index >= 15 is 0 Å². The Hall–Kier alpha value is -2.10. The van der Waals surface area contributed by atoms with E-state index in [1.54, 1.807) is 0 Å². The van der Waals surface area contributed by atoms with E-state index in [1.807, 2.05) is 29.8 Å². The summed E-state index contributed by atoms with van der Waals surface area (Å²) >= 11 is 0. The number of aromatic nitrogens is 2. The van der Waals surface area contributed by atoms with Crippen molar-refractivity contribution in [3.63, 3.8) is 0 Å². The number of anilines is 1. The van der Waals surface area contributed by atoms with Gasteiger partial charge in [-0.15, -0.1) is 0 Å². The molecule has 0 fully saturated rings. The lowest BCUT2D eigenvalue weighted by Gasteiger charge is -2.08. The highest BCUT2D eigenvalue weighted by Gasteiger charge is 2.17. The summed E-state index contributed by atoms with van der Waals surface area (Å²) in [4.78, 5) is 4.66. The van der Waals surface area contributed by atoms with Crippen LogP contribution in [0.4, 0.5) is 11.5 Å². The maximum Gasteiger partial charge on any atom is 0.156 e. The smallest absolute Gasteiger partial charge is 0.156 e. The fourth-order valence-electron chi connectivity index (χ4n) is 2.18. The molecule has 1 aromatic carbocycles. The van der Waals surface area contributed by atoms with Crippen LogP contribution in [0, 0.1) is 6.92 Å². The maximum absolute atomic E-state index is 4.66. The molecule has 0 bridgehead atoms. The van der Waals surface area contributed by atoms with Gasteiger partial charge in [0.05, 0.1) is 11.4 Å². The minimum Gasteiger partial charge on any atom is -0.368 e. The van der Waals surface area contributed by atoms with Crippen LogP contribution < -0.4 is 5.32 Å². The molecule has 0 aliphatic carbocycles. The minimum absolute atomic E-state index is 0.903. The molecule has 0 amide bonds. The molecular formula is C14H16N4. The van der Waals surface area contributed by atoms with Crippen LogP contribution in [0.3, 0.4) is 0 Å². The van der Waals surface area contributed by atoms with Crippen molar-refractivity contribution in [3.05, 3.63) is 36.0 Å². The van der Waals surface area contributed by atoms with Gasteiger partial charge in [-0.3, -0.25) is 4.99 Å². The Morgan fingerprint density at radius 3 is 2.72 bits per heavy atom. The highest BCUT2D eigenvalue weighted by Crippen LogP contribution is 2.33. The van der Waals surface area contributed by atoms with Crippen molar-refractivity contribution in [2.75, 3.05) is 11.9 Å². The lowest BCUT2D eigenvalue weighted by atomic mass is 10.3. The number of hydrogen-bond acceptors (Lipinski definition) is 3. The first-order valence-electron chi connectivity index (χ1n) is 6.19. The average molecular weight is 240 g/mol. The van der Waals surface area contributed by atoms with Crippen molar-refractivity contribution in [2.45, 2.75) is 20.3 Å². The van der Waals surface area contributed by atoms with Gasteiger partial charge in [-0.1, -0.05) is 18.2 Å². The van der Waals surface area contributed by atoms with E-state index in [-0.39, 0.29) is 0 Å². The number of rotatable bonds is 1. The van der Waals surface area contributed by atoms with Crippen LogP contribution in [0.2, 0.25) is 0 Å². The molecule has 2 aromatic rings. The Morgan fingerprint density at radius 1 is 1.17 bits per heavy atom. The summed E-state index contributed by atoms with van der Waals surface area (Å²) in [5.74, 6) is 0.996. The van der Waals surface area contributed by atoms with Crippen LogP contribution in [0.1, 0.15) is 19.0 Å². The van der Waals surface area contributed by atoms with Crippen LogP contribution in [0.5, 0.6) is 0 Å². The molecule has 1 N–H and O–H groups in total. The summed E-state index contributed by atoms with van der Waals surface area (Å²) < 4.78 is 1.94. The van der Waals surface area contributed by atoms with Gasteiger partial charge >= 0.3 is 0 Å². The number of para-hydroxylation sites is 1. The van der Waals surface area contributed by atoms with Crippen LogP contribution in [-0.2, 0) is 0 Å². The molecule has 4 heteroatoms. The molecular weight excluding hydrogens is 224 g/mol. The molecule has 0 spiro atoms. The average Bonchev–Trinajstić information content (AvgIpc) is 2.58. The number of aliphatic imine (C=N–C) groups is 1. The van der Waals surface area contributed by atoms with Crippen molar-refractivity contribution in [3.8, 4) is 5.69 Å². The largest absolute Gasteiger partial charge is 0.368 e. The van der Waals surface area contributed by atoms with Crippen LogP contribution in [0.15, 0.2) is 35.3 Å². The summed E-state index contributed by atoms with van der Waals surface area (Å²) in [5.41, 5.74) is 4.14. The summed E-state index contributed by atoms with van der Waals surface area (Å²) in [6.07, 6.45) is 0.975. The van der Waals surface area contributed by atoms with Crippen molar-refractivity contribution in [1.82, 2.24) is 9.78 Å². The second kappa shape index (κ2) is 4.29. The standard InChI is InChI=1S/C14H16N4/c1-10-8-9-15-14-13(16-10)11(2)17-18(14)12-6-4-3-5-7-12/h3-7,15H,8-9H2,1-2H3. The lowest BCUT2D eigenvalue weighted by Crippen LogP contribution is -2.08. The molecule has 18 heavy (non-hydrogen) atoms. The molecule has 3 rings (SSSR count). The molecule has 1 aliphatic heterocycles. The predicted octanol–water partition coefficient (Wildman–Crippen LogP) is 3.09. The number of nitrogens with one attached hydrogen (secondary N) is 1. The van der Waals surface area contributed by atoms with Crippen LogP contribution >= 0.6 is 0 Å². The molecule has 0 saturated carbocycles. The van der Waals surface area contributed by atoms with E-state index in [2.05, 4.69) is 34.5 Å². The highest BCUT2D eigenvalue weighted by atomic mass is 15.3. The van der Waals surface area contributed by atoms with Gasteiger partial charge < -0.3 is 5.32 Å². The molecule has 1 aliphatic rings. The topological polar surface area (TPSA) is 42.2 Å². The first kappa shape index (κ1) is 11.0. The third-order valence-corrected chi connectivity index (χ3v) is 3.11. The Labute approximate surface area is 106 Å². The third kappa shape index (κ3) is 1.79. The number of benzene rings is 1. The third-order valence-electron chi connectivity index (χ3n) is 3.11. The van der Waals surface area contributed by atoms with Gasteiger partial charge in [-0.05, 0) is 26.0 Å². The van der Waals surface area contributed by atoms with Gasteiger partial charge in [-0.25, -0.2) is 4.68 Å². The molecule has 2 heterocycles. The van der Waals surface area contributed by atoms with E-state index < -0.39 is 0 Å².